The molecule has 2 saturated heterocycles. The minimum Gasteiger partial charge on any atom is -0.394 e. The van der Waals surface area contributed by atoms with Gasteiger partial charge in [0.25, 0.3) is 5.91 Å². The minimum atomic E-state index is -0.839. The molecule has 2 aliphatic heterocycles. The summed E-state index contributed by atoms with van der Waals surface area (Å²) in [4.78, 5) is 42.8. The van der Waals surface area contributed by atoms with Crippen molar-refractivity contribution in [3.05, 3.63) is 48.0 Å². The van der Waals surface area contributed by atoms with Gasteiger partial charge in [-0.2, -0.15) is 0 Å². The lowest BCUT2D eigenvalue weighted by Crippen LogP contribution is -2.70. The fraction of sp³-hybridized carbons (Fsp3) is 0.350. The van der Waals surface area contributed by atoms with Crippen LogP contribution in [0.5, 0.6) is 0 Å². The van der Waals surface area contributed by atoms with Gasteiger partial charge < -0.3 is 19.8 Å². The van der Waals surface area contributed by atoms with E-state index in [1.165, 1.54) is 16.8 Å². The predicted octanol–water partition coefficient (Wildman–Crippen LogP) is 0.326. The molecule has 2 aromatic carbocycles. The van der Waals surface area contributed by atoms with Crippen LogP contribution in [0, 0.1) is 0 Å². The average molecular weight is 367 g/mol. The fourth-order valence-corrected chi connectivity index (χ4v) is 3.97. The Bertz CT molecular complexity index is 923. The Balaban J connectivity index is 1.61. The molecule has 2 heterocycles. The first-order valence-electron chi connectivity index (χ1n) is 8.98. The molecule has 0 spiro atoms. The molecule has 0 aromatic heterocycles. The molecule has 0 bridgehead atoms. The summed E-state index contributed by atoms with van der Waals surface area (Å²) in [6, 6.07) is 11.7. The van der Waals surface area contributed by atoms with Crippen molar-refractivity contribution in [2.75, 3.05) is 33.3 Å². The van der Waals surface area contributed by atoms with Crippen molar-refractivity contribution in [1.82, 2.24) is 14.7 Å². The summed E-state index contributed by atoms with van der Waals surface area (Å²) in [6.45, 7) is 0.410. The smallest absolute Gasteiger partial charge is 0.254 e. The van der Waals surface area contributed by atoms with E-state index in [9.17, 15) is 19.5 Å². The highest BCUT2D eigenvalue weighted by molar-refractivity contribution is 6.07. The molecule has 2 fully saturated rings. The van der Waals surface area contributed by atoms with Gasteiger partial charge in [-0.15, -0.1) is 0 Å². The Morgan fingerprint density at radius 1 is 1.07 bits per heavy atom. The van der Waals surface area contributed by atoms with Gasteiger partial charge in [0.15, 0.2) is 0 Å². The topological polar surface area (TPSA) is 81.2 Å². The second kappa shape index (κ2) is 6.66. The molecule has 7 nitrogen and oxygen atoms in total. The van der Waals surface area contributed by atoms with E-state index in [-0.39, 0.29) is 30.8 Å². The van der Waals surface area contributed by atoms with Gasteiger partial charge in [0.1, 0.15) is 12.1 Å². The molecule has 2 atom stereocenters. The third-order valence-electron chi connectivity index (χ3n) is 5.53. The lowest BCUT2D eigenvalue weighted by atomic mass is 10.00. The number of carbonyl (C=O) groups is 3. The van der Waals surface area contributed by atoms with Crippen molar-refractivity contribution in [2.45, 2.75) is 12.1 Å². The molecule has 7 heteroatoms. The molecule has 4 rings (SSSR count). The summed E-state index contributed by atoms with van der Waals surface area (Å²) >= 11 is 0. The Hall–Kier alpha value is -2.93. The molecule has 2 aromatic rings. The molecule has 0 saturated carbocycles. The van der Waals surface area contributed by atoms with Gasteiger partial charge in [-0.25, -0.2) is 0 Å². The summed E-state index contributed by atoms with van der Waals surface area (Å²) in [6.07, 6.45) is 0. The number of benzene rings is 2. The number of carbonyl (C=O) groups excluding carboxylic acids is 3. The summed E-state index contributed by atoms with van der Waals surface area (Å²) in [7, 11) is 1.52. The van der Waals surface area contributed by atoms with Crippen LogP contribution in [0.15, 0.2) is 42.5 Å². The molecular weight excluding hydrogens is 346 g/mol. The lowest BCUT2D eigenvalue weighted by Gasteiger charge is -2.47. The van der Waals surface area contributed by atoms with Gasteiger partial charge in [0.2, 0.25) is 11.8 Å². The number of aliphatic hydroxyl groups is 1. The average Bonchev–Trinajstić information content (AvgIpc) is 2.71. The van der Waals surface area contributed by atoms with Crippen molar-refractivity contribution >= 4 is 28.5 Å². The molecule has 0 aliphatic carbocycles. The van der Waals surface area contributed by atoms with Gasteiger partial charge >= 0.3 is 0 Å². The highest BCUT2D eigenvalue weighted by atomic mass is 16.3. The maximum absolute atomic E-state index is 13.1. The van der Waals surface area contributed by atoms with Gasteiger partial charge in [0.05, 0.1) is 13.2 Å². The number of hydrogen-bond donors (Lipinski definition) is 1. The standard InChI is InChI=1S/C20H21N3O4/c1-21-17(12-24)20(27)23-10-9-22(11-16(23)19(21)26)18(25)15-8-4-6-13-5-2-3-7-14(13)15/h2-8,16-17,24H,9-12H2,1H3/t16-,17+/m1/s1. The van der Waals surface area contributed by atoms with Gasteiger partial charge in [-0.1, -0.05) is 36.4 Å². The summed E-state index contributed by atoms with van der Waals surface area (Å²) in [5, 5.41) is 11.3. The van der Waals surface area contributed by atoms with Crippen molar-refractivity contribution in [1.29, 1.82) is 0 Å². The first-order valence-corrected chi connectivity index (χ1v) is 8.98. The number of hydrogen-bond acceptors (Lipinski definition) is 4. The zero-order chi connectivity index (χ0) is 19.1. The Morgan fingerprint density at radius 3 is 2.59 bits per heavy atom. The van der Waals surface area contributed by atoms with Crippen LogP contribution in [0.1, 0.15) is 10.4 Å². The number of amides is 3. The molecular formula is C20H21N3O4. The quantitative estimate of drug-likeness (QED) is 0.829. The van der Waals surface area contributed by atoms with E-state index in [1.807, 2.05) is 36.4 Å². The molecule has 0 radical (unpaired) electrons. The van der Waals surface area contributed by atoms with Crippen LogP contribution in [0.25, 0.3) is 10.8 Å². The molecule has 27 heavy (non-hydrogen) atoms. The number of likely N-dealkylation sites (N-methyl/N-ethyl adjacent to an activating group) is 1. The molecule has 3 amide bonds. The van der Waals surface area contributed by atoms with E-state index in [0.29, 0.717) is 12.1 Å². The maximum atomic E-state index is 13.1. The number of fused-ring (bicyclic) bond motifs is 2. The highest BCUT2D eigenvalue weighted by Gasteiger charge is 2.47. The monoisotopic (exact) mass is 367 g/mol. The third kappa shape index (κ3) is 2.75. The van der Waals surface area contributed by atoms with Crippen LogP contribution < -0.4 is 0 Å². The fourth-order valence-electron chi connectivity index (χ4n) is 3.97. The van der Waals surface area contributed by atoms with E-state index < -0.39 is 18.7 Å². The Labute approximate surface area is 156 Å². The highest BCUT2D eigenvalue weighted by Crippen LogP contribution is 2.24. The summed E-state index contributed by atoms with van der Waals surface area (Å²) in [5.74, 6) is -0.649. The van der Waals surface area contributed by atoms with Crippen molar-refractivity contribution < 1.29 is 19.5 Å². The van der Waals surface area contributed by atoms with E-state index in [2.05, 4.69) is 0 Å². The number of piperazine rings is 2. The van der Waals surface area contributed by atoms with Crippen LogP contribution in [0.3, 0.4) is 0 Å². The van der Waals surface area contributed by atoms with Crippen LogP contribution in [0.2, 0.25) is 0 Å². The Kier molecular flexibility index (Phi) is 4.31. The normalized spacial score (nSPS) is 23.0. The van der Waals surface area contributed by atoms with Crippen molar-refractivity contribution in [2.24, 2.45) is 0 Å². The maximum Gasteiger partial charge on any atom is 0.254 e. The predicted molar refractivity (Wildman–Crippen MR) is 99.0 cm³/mol. The van der Waals surface area contributed by atoms with Crippen LogP contribution >= 0.6 is 0 Å². The SMILES string of the molecule is CN1C(=O)[C@H]2CN(C(=O)c3cccc4ccccc34)CCN2C(=O)[C@@H]1CO. The number of aliphatic hydroxyl groups excluding tert-OH is 1. The van der Waals surface area contributed by atoms with Gasteiger partial charge in [-0.05, 0) is 16.8 Å². The van der Waals surface area contributed by atoms with E-state index in [0.717, 1.165) is 10.8 Å². The molecule has 2 aliphatic rings. The molecule has 1 N–H and O–H groups in total. The van der Waals surface area contributed by atoms with Crippen molar-refractivity contribution in [3.8, 4) is 0 Å². The number of rotatable bonds is 2. The first kappa shape index (κ1) is 17.5. The third-order valence-corrected chi connectivity index (χ3v) is 5.53. The minimum absolute atomic E-state index is 0.140. The zero-order valence-electron chi connectivity index (χ0n) is 15.0. The number of nitrogens with zero attached hydrogens (tertiary/aromatic N) is 3. The van der Waals surface area contributed by atoms with E-state index in [4.69, 9.17) is 0 Å². The van der Waals surface area contributed by atoms with Crippen LogP contribution in [0.4, 0.5) is 0 Å². The second-order valence-electron chi connectivity index (χ2n) is 6.97. The van der Waals surface area contributed by atoms with Crippen LogP contribution in [-0.4, -0.2) is 82.9 Å². The Morgan fingerprint density at radius 2 is 1.81 bits per heavy atom. The molecule has 140 valence electrons. The summed E-state index contributed by atoms with van der Waals surface area (Å²) in [5.41, 5.74) is 0.595. The summed E-state index contributed by atoms with van der Waals surface area (Å²) < 4.78 is 0. The van der Waals surface area contributed by atoms with Gasteiger partial charge in [0, 0.05) is 25.7 Å². The zero-order valence-corrected chi connectivity index (χ0v) is 15.0. The first-order chi connectivity index (χ1) is 13.0. The van der Waals surface area contributed by atoms with Gasteiger partial charge in [-0.3, -0.25) is 14.4 Å². The van der Waals surface area contributed by atoms with E-state index >= 15 is 0 Å². The lowest BCUT2D eigenvalue weighted by molar-refractivity contribution is -0.164. The van der Waals surface area contributed by atoms with Crippen molar-refractivity contribution in [3.63, 3.8) is 0 Å². The molecule has 0 unspecified atom stereocenters. The second-order valence-corrected chi connectivity index (χ2v) is 6.97. The van der Waals surface area contributed by atoms with Crippen LogP contribution in [-0.2, 0) is 9.59 Å². The van der Waals surface area contributed by atoms with E-state index in [1.54, 1.807) is 11.0 Å². The largest absolute Gasteiger partial charge is 0.394 e.